The molecule has 1 aromatic carbocycles. The van der Waals surface area contributed by atoms with Crippen molar-refractivity contribution in [3.63, 3.8) is 0 Å². The Morgan fingerprint density at radius 3 is 2.79 bits per heavy atom. The summed E-state index contributed by atoms with van der Waals surface area (Å²) in [5.74, 6) is -0.155. The third-order valence-electron chi connectivity index (χ3n) is 4.88. The number of fused-ring (bicyclic) bond motifs is 1. The van der Waals surface area contributed by atoms with Crippen molar-refractivity contribution in [2.24, 2.45) is 11.7 Å². The summed E-state index contributed by atoms with van der Waals surface area (Å²) in [6.07, 6.45) is 1.66. The molecule has 0 radical (unpaired) electrons. The lowest BCUT2D eigenvalue weighted by molar-refractivity contribution is -0.122. The molecule has 2 fully saturated rings. The average Bonchev–Trinajstić information content (AvgIpc) is 3.02. The van der Waals surface area contributed by atoms with Gasteiger partial charge in [-0.1, -0.05) is 29.8 Å². The van der Waals surface area contributed by atoms with Gasteiger partial charge in [0.15, 0.2) is 0 Å². The van der Waals surface area contributed by atoms with Gasteiger partial charge in [0.1, 0.15) is 11.7 Å². The third kappa shape index (κ3) is 2.41. The van der Waals surface area contributed by atoms with E-state index in [9.17, 15) is 9.59 Å². The number of piperidine rings is 1. The first-order valence-electron chi connectivity index (χ1n) is 8.12. The second kappa shape index (κ2) is 5.41. The molecule has 24 heavy (non-hydrogen) atoms. The Labute approximate surface area is 144 Å². The monoisotopic (exact) mass is 341 g/mol. The van der Waals surface area contributed by atoms with Gasteiger partial charge in [-0.2, -0.15) is 0 Å². The molecule has 2 N–H and O–H groups in total. The van der Waals surface area contributed by atoms with E-state index in [4.69, 9.17) is 5.73 Å². The van der Waals surface area contributed by atoms with Crippen molar-refractivity contribution in [2.45, 2.75) is 38.8 Å². The van der Waals surface area contributed by atoms with E-state index in [0.717, 1.165) is 27.4 Å². The molecule has 5 nitrogen and oxygen atoms in total. The number of primary amides is 1. The highest BCUT2D eigenvalue weighted by molar-refractivity contribution is 7.15. The molecule has 1 aliphatic carbocycles. The maximum atomic E-state index is 13.2. The normalized spacial score (nSPS) is 24.8. The van der Waals surface area contributed by atoms with Crippen LogP contribution in [0, 0.1) is 19.8 Å². The molecule has 1 saturated heterocycles. The topological polar surface area (TPSA) is 76.3 Å². The van der Waals surface area contributed by atoms with Gasteiger partial charge < -0.3 is 10.6 Å². The zero-order valence-electron chi connectivity index (χ0n) is 13.7. The first-order chi connectivity index (χ1) is 11.5. The number of nitrogens with two attached hydrogens (primary N) is 1. The number of hydrogen-bond donors (Lipinski definition) is 1. The van der Waals surface area contributed by atoms with Crippen LogP contribution < -0.4 is 5.73 Å². The lowest BCUT2D eigenvalue weighted by atomic mass is 10.1. The van der Waals surface area contributed by atoms with E-state index >= 15 is 0 Å². The molecule has 2 aromatic rings. The smallest absolute Gasteiger partial charge is 0.274 e. The lowest BCUT2D eigenvalue weighted by Gasteiger charge is -2.24. The van der Waals surface area contributed by atoms with Crippen LogP contribution in [0.4, 0.5) is 0 Å². The van der Waals surface area contributed by atoms with Crippen LogP contribution in [0.1, 0.15) is 33.9 Å². The standard InChI is InChI=1S/C18H19N3O2S/c1-9-4-3-5-11(6-9)16-15(20-10(2)24-16)18(23)21-13-7-12(13)8-14(21)17(19)22/h3-6,12-14H,7-8H2,1-2H3,(H2,19,22)/t12-,13?,14+/m1/s1. The van der Waals surface area contributed by atoms with Crippen LogP contribution in [0.15, 0.2) is 24.3 Å². The van der Waals surface area contributed by atoms with Crippen LogP contribution in [0.5, 0.6) is 0 Å². The summed E-state index contributed by atoms with van der Waals surface area (Å²) >= 11 is 1.51. The van der Waals surface area contributed by atoms with Crippen LogP contribution in [0.2, 0.25) is 0 Å². The summed E-state index contributed by atoms with van der Waals surface area (Å²) in [6.45, 7) is 3.92. The molecule has 0 spiro atoms. The number of thiazole rings is 1. The van der Waals surface area contributed by atoms with Crippen LogP contribution in [-0.4, -0.2) is 33.8 Å². The van der Waals surface area contributed by atoms with Gasteiger partial charge in [0, 0.05) is 6.04 Å². The van der Waals surface area contributed by atoms with E-state index in [1.807, 2.05) is 32.0 Å². The molecule has 124 valence electrons. The van der Waals surface area contributed by atoms with Crippen molar-refractivity contribution in [1.29, 1.82) is 0 Å². The van der Waals surface area contributed by atoms with E-state index < -0.39 is 11.9 Å². The summed E-state index contributed by atoms with van der Waals surface area (Å²) < 4.78 is 0. The number of carbonyl (C=O) groups is 2. The average molecular weight is 341 g/mol. The molecule has 2 amide bonds. The molecule has 2 heterocycles. The number of aromatic nitrogens is 1. The van der Waals surface area contributed by atoms with Crippen molar-refractivity contribution >= 4 is 23.2 Å². The Balaban J connectivity index is 1.74. The Morgan fingerprint density at radius 2 is 2.08 bits per heavy atom. The summed E-state index contributed by atoms with van der Waals surface area (Å²) in [5, 5.41) is 0.844. The first kappa shape index (κ1) is 15.3. The molecular formula is C18H19N3O2S. The maximum Gasteiger partial charge on any atom is 0.274 e. The minimum Gasteiger partial charge on any atom is -0.368 e. The van der Waals surface area contributed by atoms with Gasteiger partial charge in [0.05, 0.1) is 9.88 Å². The highest BCUT2D eigenvalue weighted by Crippen LogP contribution is 2.48. The second-order valence-corrected chi connectivity index (χ2v) is 7.91. The fourth-order valence-corrected chi connectivity index (χ4v) is 4.59. The van der Waals surface area contributed by atoms with Gasteiger partial charge in [0.2, 0.25) is 5.91 Å². The molecule has 1 unspecified atom stereocenters. The zero-order chi connectivity index (χ0) is 17.0. The van der Waals surface area contributed by atoms with Crippen LogP contribution in [-0.2, 0) is 4.79 Å². The van der Waals surface area contributed by atoms with Gasteiger partial charge >= 0.3 is 0 Å². The molecule has 0 bridgehead atoms. The molecule has 4 rings (SSSR count). The van der Waals surface area contributed by atoms with Gasteiger partial charge in [-0.3, -0.25) is 9.59 Å². The van der Waals surface area contributed by atoms with Crippen molar-refractivity contribution in [2.75, 3.05) is 0 Å². The van der Waals surface area contributed by atoms with E-state index in [0.29, 0.717) is 18.0 Å². The number of carbonyl (C=O) groups excluding carboxylic acids is 2. The maximum absolute atomic E-state index is 13.2. The summed E-state index contributed by atoms with van der Waals surface area (Å²) in [4.78, 5) is 31.9. The number of rotatable bonds is 3. The molecule has 3 atom stereocenters. The van der Waals surface area contributed by atoms with Gasteiger partial charge in [0.25, 0.3) is 5.91 Å². The number of benzene rings is 1. The van der Waals surface area contributed by atoms with Crippen molar-refractivity contribution in [1.82, 2.24) is 9.88 Å². The predicted molar refractivity (Wildman–Crippen MR) is 92.7 cm³/mol. The summed E-state index contributed by atoms with van der Waals surface area (Å²) in [7, 11) is 0. The van der Waals surface area contributed by atoms with Crippen molar-refractivity contribution in [3.8, 4) is 10.4 Å². The third-order valence-corrected chi connectivity index (χ3v) is 5.90. The summed E-state index contributed by atoms with van der Waals surface area (Å²) in [5.41, 5.74) is 8.08. The highest BCUT2D eigenvalue weighted by atomic mass is 32.1. The van der Waals surface area contributed by atoms with Gasteiger partial charge in [-0.25, -0.2) is 4.98 Å². The highest BCUT2D eigenvalue weighted by Gasteiger charge is 2.56. The summed E-state index contributed by atoms with van der Waals surface area (Å²) in [6, 6.07) is 7.71. The minimum absolute atomic E-state index is 0.155. The van der Waals surface area contributed by atoms with Crippen LogP contribution in [0.3, 0.4) is 0 Å². The second-order valence-electron chi connectivity index (χ2n) is 6.71. The fraction of sp³-hybridized carbons (Fsp3) is 0.389. The number of hydrogen-bond acceptors (Lipinski definition) is 4. The fourth-order valence-electron chi connectivity index (χ4n) is 3.68. The van der Waals surface area contributed by atoms with Crippen molar-refractivity contribution in [3.05, 3.63) is 40.5 Å². The number of nitrogens with zero attached hydrogens (tertiary/aromatic N) is 2. The van der Waals surface area contributed by atoms with Crippen molar-refractivity contribution < 1.29 is 9.59 Å². The van der Waals surface area contributed by atoms with Gasteiger partial charge in [-0.15, -0.1) is 11.3 Å². The Hall–Kier alpha value is -2.21. The molecular weight excluding hydrogens is 322 g/mol. The Kier molecular flexibility index (Phi) is 3.46. The van der Waals surface area contributed by atoms with Crippen LogP contribution in [0.25, 0.3) is 10.4 Å². The number of likely N-dealkylation sites (tertiary alicyclic amines) is 1. The van der Waals surface area contributed by atoms with E-state index in [1.165, 1.54) is 11.3 Å². The Bertz CT molecular complexity index is 845. The SMILES string of the molecule is Cc1cccc(-c2sc(C)nc2C(=O)N2C3C[C@@H]3C[C@H]2C(N)=O)c1. The molecule has 1 aromatic heterocycles. The zero-order valence-corrected chi connectivity index (χ0v) is 14.5. The number of aryl methyl sites for hydroxylation is 2. The lowest BCUT2D eigenvalue weighted by Crippen LogP contribution is -2.46. The predicted octanol–water partition coefficient (Wildman–Crippen LogP) is 2.52. The molecule has 6 heteroatoms. The molecule has 1 aliphatic heterocycles. The van der Waals surface area contributed by atoms with E-state index in [-0.39, 0.29) is 11.9 Å². The molecule has 1 saturated carbocycles. The minimum atomic E-state index is -0.492. The van der Waals surface area contributed by atoms with Crippen LogP contribution >= 0.6 is 11.3 Å². The first-order valence-corrected chi connectivity index (χ1v) is 8.94. The quantitative estimate of drug-likeness (QED) is 0.932. The van der Waals surface area contributed by atoms with E-state index in [2.05, 4.69) is 11.1 Å². The van der Waals surface area contributed by atoms with E-state index in [1.54, 1.807) is 4.90 Å². The largest absolute Gasteiger partial charge is 0.368 e. The van der Waals surface area contributed by atoms with Gasteiger partial charge in [-0.05, 0) is 38.2 Å². The molecule has 2 aliphatic rings. The number of amides is 2. The Morgan fingerprint density at radius 1 is 1.29 bits per heavy atom.